The number of likely N-dealkylation sites (tertiary alicyclic amines) is 1. The SMILES string of the molecule is CC(=O)c1cc(NCCN2CCCC2)c(C)c(N2CCNCC2)c1. The first-order valence-electron chi connectivity index (χ1n) is 9.22. The van der Waals surface area contributed by atoms with Crippen LogP contribution in [0, 0.1) is 6.92 Å². The molecule has 2 fully saturated rings. The van der Waals surface area contributed by atoms with Gasteiger partial charge in [-0.15, -0.1) is 0 Å². The molecule has 24 heavy (non-hydrogen) atoms. The number of carbonyl (C=O) groups is 1. The van der Waals surface area contributed by atoms with Crippen molar-refractivity contribution in [3.05, 3.63) is 23.3 Å². The highest BCUT2D eigenvalue weighted by molar-refractivity contribution is 5.97. The van der Waals surface area contributed by atoms with Gasteiger partial charge in [-0.3, -0.25) is 4.79 Å². The van der Waals surface area contributed by atoms with Crippen LogP contribution in [0.4, 0.5) is 11.4 Å². The van der Waals surface area contributed by atoms with E-state index in [1.807, 2.05) is 6.07 Å². The smallest absolute Gasteiger partial charge is 0.159 e. The van der Waals surface area contributed by atoms with E-state index < -0.39 is 0 Å². The highest BCUT2D eigenvalue weighted by Gasteiger charge is 2.17. The van der Waals surface area contributed by atoms with Crippen molar-refractivity contribution in [1.29, 1.82) is 0 Å². The zero-order chi connectivity index (χ0) is 16.9. The summed E-state index contributed by atoms with van der Waals surface area (Å²) in [7, 11) is 0. The third kappa shape index (κ3) is 4.08. The lowest BCUT2D eigenvalue weighted by Gasteiger charge is -2.32. The number of carbonyl (C=O) groups excluding carboxylic acids is 1. The number of anilines is 2. The normalized spacial score (nSPS) is 18.8. The number of hydrogen-bond acceptors (Lipinski definition) is 5. The molecule has 1 aromatic rings. The van der Waals surface area contributed by atoms with Gasteiger partial charge in [-0.25, -0.2) is 0 Å². The lowest BCUT2D eigenvalue weighted by molar-refractivity contribution is 0.101. The molecule has 5 nitrogen and oxygen atoms in total. The quantitative estimate of drug-likeness (QED) is 0.783. The standard InChI is InChI=1S/C19H30N4O/c1-15-18(21-7-10-22-8-3-4-9-22)13-17(16(2)24)14-19(15)23-11-5-20-6-12-23/h13-14,20-21H,3-12H2,1-2H3. The summed E-state index contributed by atoms with van der Waals surface area (Å²) in [4.78, 5) is 16.9. The van der Waals surface area contributed by atoms with Crippen LogP contribution in [0.1, 0.15) is 35.7 Å². The highest BCUT2D eigenvalue weighted by Crippen LogP contribution is 2.29. The van der Waals surface area contributed by atoms with Crippen molar-refractivity contribution in [1.82, 2.24) is 10.2 Å². The highest BCUT2D eigenvalue weighted by atomic mass is 16.1. The molecule has 2 saturated heterocycles. The van der Waals surface area contributed by atoms with Crippen molar-refractivity contribution >= 4 is 17.2 Å². The average Bonchev–Trinajstić information content (AvgIpc) is 3.10. The number of nitrogens with zero attached hydrogens (tertiary/aromatic N) is 2. The molecule has 0 unspecified atom stereocenters. The minimum absolute atomic E-state index is 0.133. The molecule has 5 heteroatoms. The molecule has 1 aromatic carbocycles. The van der Waals surface area contributed by atoms with E-state index in [-0.39, 0.29) is 5.78 Å². The van der Waals surface area contributed by atoms with Crippen molar-refractivity contribution in [2.75, 3.05) is 62.6 Å². The number of ketones is 1. The summed E-state index contributed by atoms with van der Waals surface area (Å²) >= 11 is 0. The Balaban J connectivity index is 1.75. The molecule has 2 heterocycles. The van der Waals surface area contributed by atoms with E-state index in [1.54, 1.807) is 6.92 Å². The van der Waals surface area contributed by atoms with Crippen molar-refractivity contribution in [2.24, 2.45) is 0 Å². The van der Waals surface area contributed by atoms with E-state index in [2.05, 4.69) is 33.4 Å². The Bertz CT molecular complexity index is 575. The van der Waals surface area contributed by atoms with Crippen molar-refractivity contribution in [2.45, 2.75) is 26.7 Å². The van der Waals surface area contributed by atoms with Gasteiger partial charge in [0.15, 0.2) is 5.78 Å². The summed E-state index contributed by atoms with van der Waals surface area (Å²) in [6, 6.07) is 4.09. The number of benzene rings is 1. The first-order chi connectivity index (χ1) is 11.6. The Labute approximate surface area is 145 Å². The fraction of sp³-hybridized carbons (Fsp3) is 0.632. The summed E-state index contributed by atoms with van der Waals surface area (Å²) in [6.07, 6.45) is 2.65. The lowest BCUT2D eigenvalue weighted by Crippen LogP contribution is -2.43. The molecule has 0 bridgehead atoms. The zero-order valence-corrected chi connectivity index (χ0v) is 15.0. The van der Waals surface area contributed by atoms with Crippen LogP contribution in [0.3, 0.4) is 0 Å². The second-order valence-corrected chi connectivity index (χ2v) is 6.94. The lowest BCUT2D eigenvalue weighted by atomic mass is 10.0. The molecule has 0 atom stereocenters. The summed E-state index contributed by atoms with van der Waals surface area (Å²) in [6.45, 7) is 12.3. The van der Waals surface area contributed by atoms with Crippen molar-refractivity contribution < 1.29 is 4.79 Å². The first kappa shape index (κ1) is 17.2. The molecule has 0 saturated carbocycles. The van der Waals surface area contributed by atoms with Gasteiger partial charge in [-0.2, -0.15) is 0 Å². The maximum Gasteiger partial charge on any atom is 0.159 e. The molecule has 3 rings (SSSR count). The molecule has 2 aliphatic rings. The van der Waals surface area contributed by atoms with Gasteiger partial charge in [0.2, 0.25) is 0 Å². The largest absolute Gasteiger partial charge is 0.383 e. The van der Waals surface area contributed by atoms with Crippen LogP contribution in [-0.4, -0.2) is 63.0 Å². The summed E-state index contributed by atoms with van der Waals surface area (Å²) in [5.41, 5.74) is 4.37. The zero-order valence-electron chi connectivity index (χ0n) is 15.0. The van der Waals surface area contributed by atoms with Crippen LogP contribution in [0.25, 0.3) is 0 Å². The van der Waals surface area contributed by atoms with E-state index >= 15 is 0 Å². The summed E-state index contributed by atoms with van der Waals surface area (Å²) in [5, 5.41) is 6.97. The summed E-state index contributed by atoms with van der Waals surface area (Å²) in [5.74, 6) is 0.133. The van der Waals surface area contributed by atoms with Gasteiger partial charge in [0.1, 0.15) is 0 Å². The third-order valence-corrected chi connectivity index (χ3v) is 5.19. The van der Waals surface area contributed by atoms with Crippen LogP contribution >= 0.6 is 0 Å². The van der Waals surface area contributed by atoms with Crippen molar-refractivity contribution in [3.63, 3.8) is 0 Å². The second-order valence-electron chi connectivity index (χ2n) is 6.94. The van der Waals surface area contributed by atoms with Gasteiger partial charge < -0.3 is 20.4 Å². The molecule has 0 spiro atoms. The van der Waals surface area contributed by atoms with Gasteiger partial charge in [-0.1, -0.05) is 0 Å². The van der Waals surface area contributed by atoms with Gasteiger partial charge in [0.05, 0.1) is 0 Å². The number of nitrogens with one attached hydrogen (secondary N) is 2. The number of hydrogen-bond donors (Lipinski definition) is 2. The Morgan fingerprint density at radius 3 is 2.54 bits per heavy atom. The topological polar surface area (TPSA) is 47.6 Å². The second kappa shape index (κ2) is 7.99. The maximum absolute atomic E-state index is 12.0. The van der Waals surface area contributed by atoms with Gasteiger partial charge in [-0.05, 0) is 57.5 Å². The minimum Gasteiger partial charge on any atom is -0.383 e. The molecule has 0 radical (unpaired) electrons. The van der Waals surface area contributed by atoms with E-state index in [0.717, 1.165) is 50.5 Å². The monoisotopic (exact) mass is 330 g/mol. The number of piperazine rings is 1. The number of Topliss-reactive ketones (excluding diaryl/α,β-unsaturated/α-hetero) is 1. The summed E-state index contributed by atoms with van der Waals surface area (Å²) < 4.78 is 0. The number of rotatable bonds is 6. The van der Waals surface area contributed by atoms with Gasteiger partial charge >= 0.3 is 0 Å². The molecular weight excluding hydrogens is 300 g/mol. The Morgan fingerprint density at radius 1 is 1.17 bits per heavy atom. The Kier molecular flexibility index (Phi) is 5.74. The fourth-order valence-corrected chi connectivity index (χ4v) is 3.67. The molecule has 0 aliphatic carbocycles. The Hall–Kier alpha value is -1.59. The van der Waals surface area contributed by atoms with Crippen molar-refractivity contribution in [3.8, 4) is 0 Å². The molecular formula is C19H30N4O. The predicted octanol–water partition coefficient (Wildman–Crippen LogP) is 2.11. The molecule has 2 aliphatic heterocycles. The third-order valence-electron chi connectivity index (χ3n) is 5.19. The van der Waals surface area contributed by atoms with E-state index in [1.165, 1.54) is 37.2 Å². The van der Waals surface area contributed by atoms with E-state index in [4.69, 9.17) is 0 Å². The van der Waals surface area contributed by atoms with Crippen LogP contribution < -0.4 is 15.5 Å². The van der Waals surface area contributed by atoms with Crippen LogP contribution in [0.2, 0.25) is 0 Å². The van der Waals surface area contributed by atoms with Crippen LogP contribution in [-0.2, 0) is 0 Å². The molecule has 0 aromatic heterocycles. The molecule has 132 valence electrons. The first-order valence-corrected chi connectivity index (χ1v) is 9.22. The van der Waals surface area contributed by atoms with Crippen LogP contribution in [0.15, 0.2) is 12.1 Å². The van der Waals surface area contributed by atoms with E-state index in [0.29, 0.717) is 0 Å². The van der Waals surface area contributed by atoms with Gasteiger partial charge in [0.25, 0.3) is 0 Å². The predicted molar refractivity (Wildman–Crippen MR) is 100 cm³/mol. The molecule has 0 amide bonds. The van der Waals surface area contributed by atoms with Gasteiger partial charge in [0, 0.05) is 56.2 Å². The minimum atomic E-state index is 0.133. The molecule has 2 N–H and O–H groups in total. The van der Waals surface area contributed by atoms with Crippen LogP contribution in [0.5, 0.6) is 0 Å². The fourth-order valence-electron chi connectivity index (χ4n) is 3.67. The average molecular weight is 330 g/mol. The van der Waals surface area contributed by atoms with E-state index in [9.17, 15) is 4.79 Å². The Morgan fingerprint density at radius 2 is 1.88 bits per heavy atom. The maximum atomic E-state index is 12.0.